The molecule has 0 saturated carbocycles. The average molecular weight is 355 g/mol. The van der Waals surface area contributed by atoms with E-state index in [0.29, 0.717) is 11.5 Å². The predicted molar refractivity (Wildman–Crippen MR) is 97.8 cm³/mol. The minimum atomic E-state index is -0.294. The molecule has 0 bridgehead atoms. The second-order valence-electron chi connectivity index (χ2n) is 5.83. The summed E-state index contributed by atoms with van der Waals surface area (Å²) in [5.41, 5.74) is 2.64. The molecule has 4 heterocycles. The Morgan fingerprint density at radius 1 is 1.40 bits per heavy atom. The van der Waals surface area contributed by atoms with Crippen molar-refractivity contribution in [3.05, 3.63) is 41.2 Å². The number of carbonyl (C=O) groups excluding carboxylic acids is 1. The number of fused-ring (bicyclic) bond motifs is 2. The molecule has 0 amide bonds. The van der Waals surface area contributed by atoms with Gasteiger partial charge in [-0.2, -0.15) is 5.10 Å². The molecule has 0 fully saturated rings. The van der Waals surface area contributed by atoms with Gasteiger partial charge in [0.15, 0.2) is 5.65 Å². The molecule has 0 aromatic carbocycles. The van der Waals surface area contributed by atoms with Crippen LogP contribution in [-0.4, -0.2) is 50.4 Å². The molecule has 7 nitrogen and oxygen atoms in total. The summed E-state index contributed by atoms with van der Waals surface area (Å²) in [6.07, 6.45) is 7.47. The minimum Gasteiger partial charge on any atom is -0.462 e. The molecule has 2 aliphatic rings. The molecule has 0 saturated heterocycles. The zero-order valence-corrected chi connectivity index (χ0v) is 14.9. The summed E-state index contributed by atoms with van der Waals surface area (Å²) in [7, 11) is 3.87. The highest BCUT2D eigenvalue weighted by Crippen LogP contribution is 2.37. The first-order chi connectivity index (χ1) is 12.1. The van der Waals surface area contributed by atoms with Crippen LogP contribution in [0, 0.1) is 0 Å². The molecule has 2 aromatic rings. The van der Waals surface area contributed by atoms with Crippen molar-refractivity contribution in [3.8, 4) is 0 Å². The Balaban J connectivity index is 1.65. The van der Waals surface area contributed by atoms with E-state index in [4.69, 9.17) is 4.74 Å². The lowest BCUT2D eigenvalue weighted by Gasteiger charge is -2.30. The zero-order chi connectivity index (χ0) is 17.6. The molecule has 0 spiro atoms. The van der Waals surface area contributed by atoms with Crippen molar-refractivity contribution in [2.45, 2.75) is 13.0 Å². The summed E-state index contributed by atoms with van der Waals surface area (Å²) in [6.45, 7) is 2.17. The Bertz CT molecular complexity index is 959. The van der Waals surface area contributed by atoms with Gasteiger partial charge in [0, 0.05) is 37.4 Å². The molecule has 8 heteroatoms. The van der Waals surface area contributed by atoms with Crippen molar-refractivity contribution in [1.82, 2.24) is 19.7 Å². The summed E-state index contributed by atoms with van der Waals surface area (Å²) in [5.74, 6) is -0.294. The quantitative estimate of drug-likeness (QED) is 0.786. The van der Waals surface area contributed by atoms with E-state index in [2.05, 4.69) is 26.0 Å². The van der Waals surface area contributed by atoms with Gasteiger partial charge in [-0.05, 0) is 19.1 Å². The van der Waals surface area contributed by atoms with Crippen LogP contribution in [-0.2, 0) is 16.6 Å². The Labute approximate surface area is 149 Å². The SMILES string of the molecule is CCOC(=O)C1=CC2C(=NC=C(c3cnc4nn(C)cc4c3)N2C)S1. The molecular weight excluding hydrogens is 338 g/mol. The Morgan fingerprint density at radius 3 is 3.04 bits per heavy atom. The van der Waals surface area contributed by atoms with E-state index in [1.165, 1.54) is 11.8 Å². The molecule has 0 N–H and O–H groups in total. The number of thioether (sulfide) groups is 1. The molecule has 2 aromatic heterocycles. The third kappa shape index (κ3) is 2.72. The second kappa shape index (κ2) is 6.03. The lowest BCUT2D eigenvalue weighted by atomic mass is 10.1. The van der Waals surface area contributed by atoms with Crippen molar-refractivity contribution in [2.24, 2.45) is 12.0 Å². The van der Waals surface area contributed by atoms with Crippen LogP contribution in [0.1, 0.15) is 12.5 Å². The lowest BCUT2D eigenvalue weighted by molar-refractivity contribution is -0.137. The molecule has 1 unspecified atom stereocenters. The van der Waals surface area contributed by atoms with Crippen LogP contribution in [0.15, 0.2) is 40.6 Å². The van der Waals surface area contributed by atoms with Crippen LogP contribution in [0.3, 0.4) is 0 Å². The van der Waals surface area contributed by atoms with Crippen LogP contribution < -0.4 is 0 Å². The van der Waals surface area contributed by atoms with Gasteiger partial charge < -0.3 is 9.64 Å². The minimum absolute atomic E-state index is 0.0611. The van der Waals surface area contributed by atoms with E-state index in [1.807, 2.05) is 32.6 Å². The zero-order valence-electron chi connectivity index (χ0n) is 14.1. The number of ether oxygens (including phenoxy) is 1. The van der Waals surface area contributed by atoms with Crippen LogP contribution in [0.2, 0.25) is 0 Å². The Morgan fingerprint density at radius 2 is 2.24 bits per heavy atom. The first-order valence-electron chi connectivity index (χ1n) is 7.94. The molecule has 128 valence electrons. The van der Waals surface area contributed by atoms with Crippen molar-refractivity contribution in [2.75, 3.05) is 13.7 Å². The molecule has 2 aliphatic heterocycles. The summed E-state index contributed by atoms with van der Waals surface area (Å²) >= 11 is 1.37. The topological polar surface area (TPSA) is 72.6 Å². The van der Waals surface area contributed by atoms with Crippen LogP contribution in [0.5, 0.6) is 0 Å². The van der Waals surface area contributed by atoms with Crippen molar-refractivity contribution < 1.29 is 9.53 Å². The van der Waals surface area contributed by atoms with E-state index < -0.39 is 0 Å². The summed E-state index contributed by atoms with van der Waals surface area (Å²) in [6, 6.07) is 1.99. The monoisotopic (exact) mass is 355 g/mol. The van der Waals surface area contributed by atoms with E-state index in [-0.39, 0.29) is 12.0 Å². The summed E-state index contributed by atoms with van der Waals surface area (Å²) in [5, 5.41) is 6.16. The normalized spacial score (nSPS) is 19.4. The highest BCUT2D eigenvalue weighted by Gasteiger charge is 2.34. The number of pyridine rings is 1. The molecule has 1 atom stereocenters. The fraction of sp³-hybridized carbons (Fsp3) is 0.294. The highest BCUT2D eigenvalue weighted by atomic mass is 32.2. The maximum Gasteiger partial charge on any atom is 0.344 e. The third-order valence-corrected chi connectivity index (χ3v) is 5.21. The number of carbonyl (C=O) groups is 1. The van der Waals surface area contributed by atoms with Crippen LogP contribution in [0.25, 0.3) is 16.7 Å². The first-order valence-corrected chi connectivity index (χ1v) is 8.75. The lowest BCUT2D eigenvalue weighted by Crippen LogP contribution is -2.34. The number of aromatic nitrogens is 3. The van der Waals surface area contributed by atoms with Gasteiger partial charge in [-0.3, -0.25) is 4.68 Å². The fourth-order valence-electron chi connectivity index (χ4n) is 2.93. The first kappa shape index (κ1) is 15.9. The number of aliphatic imine (C=N–C) groups is 1. The number of aryl methyl sites for hydroxylation is 1. The maximum atomic E-state index is 12.0. The maximum absolute atomic E-state index is 12.0. The molecular formula is C17H17N5O2S. The van der Waals surface area contributed by atoms with Gasteiger partial charge in [0.1, 0.15) is 5.04 Å². The van der Waals surface area contributed by atoms with Crippen molar-refractivity contribution in [3.63, 3.8) is 0 Å². The average Bonchev–Trinajstić information content (AvgIpc) is 3.17. The number of hydrogen-bond donors (Lipinski definition) is 0. The highest BCUT2D eigenvalue weighted by molar-refractivity contribution is 8.18. The van der Waals surface area contributed by atoms with Crippen LogP contribution >= 0.6 is 11.8 Å². The van der Waals surface area contributed by atoms with Gasteiger partial charge >= 0.3 is 5.97 Å². The Kier molecular flexibility index (Phi) is 3.84. The van der Waals surface area contributed by atoms with E-state index in [1.54, 1.807) is 17.8 Å². The molecule has 25 heavy (non-hydrogen) atoms. The van der Waals surface area contributed by atoms with E-state index in [9.17, 15) is 4.79 Å². The van der Waals surface area contributed by atoms with Gasteiger partial charge in [-0.1, -0.05) is 11.8 Å². The number of likely N-dealkylation sites (N-methyl/N-ethyl adjacent to an activating group) is 1. The van der Waals surface area contributed by atoms with Gasteiger partial charge in [0.25, 0.3) is 0 Å². The smallest absolute Gasteiger partial charge is 0.344 e. The summed E-state index contributed by atoms with van der Waals surface area (Å²) in [4.78, 5) is 23.6. The Hall–Kier alpha value is -2.61. The molecule has 0 radical (unpaired) electrons. The molecule has 0 aliphatic carbocycles. The predicted octanol–water partition coefficient (Wildman–Crippen LogP) is 2.17. The van der Waals surface area contributed by atoms with E-state index in [0.717, 1.165) is 27.3 Å². The van der Waals surface area contributed by atoms with Crippen molar-refractivity contribution in [1.29, 1.82) is 0 Å². The van der Waals surface area contributed by atoms with Gasteiger partial charge in [-0.15, -0.1) is 0 Å². The third-order valence-electron chi connectivity index (χ3n) is 4.13. The van der Waals surface area contributed by atoms with Crippen molar-refractivity contribution >= 4 is 39.5 Å². The second-order valence-corrected chi connectivity index (χ2v) is 6.89. The number of rotatable bonds is 3. The van der Waals surface area contributed by atoms with E-state index >= 15 is 0 Å². The standard InChI is InChI=1S/C17H17N5O2S/c1-4-24-17(23)14-6-12-16(25-14)19-8-13(22(12)3)10-5-11-9-21(2)20-15(11)18-7-10/h5-9,12H,4H2,1-3H3. The molecule has 4 rings (SSSR count). The largest absolute Gasteiger partial charge is 0.462 e. The summed E-state index contributed by atoms with van der Waals surface area (Å²) < 4.78 is 6.84. The van der Waals surface area contributed by atoms with Crippen LogP contribution in [0.4, 0.5) is 0 Å². The number of esters is 1. The van der Waals surface area contributed by atoms with Gasteiger partial charge in [-0.25, -0.2) is 14.8 Å². The number of hydrogen-bond acceptors (Lipinski definition) is 7. The fourth-order valence-corrected chi connectivity index (χ4v) is 3.95. The number of nitrogens with zero attached hydrogens (tertiary/aromatic N) is 5. The van der Waals surface area contributed by atoms with Gasteiger partial charge in [0.2, 0.25) is 0 Å². The van der Waals surface area contributed by atoms with Gasteiger partial charge in [0.05, 0.1) is 29.5 Å².